The minimum Gasteiger partial charge on any atom is -0.406 e. The molecule has 1 aliphatic heterocycles. The van der Waals surface area contributed by atoms with Gasteiger partial charge in [-0.2, -0.15) is 5.21 Å². The topological polar surface area (TPSA) is 104 Å². The van der Waals surface area contributed by atoms with Gasteiger partial charge in [0.25, 0.3) is 0 Å². The van der Waals surface area contributed by atoms with Crippen molar-refractivity contribution in [3.8, 4) is 5.75 Å². The number of alkyl halides is 3. The maximum Gasteiger partial charge on any atom is 0.573 e. The summed E-state index contributed by atoms with van der Waals surface area (Å²) in [6.07, 6.45) is -0.217. The highest BCUT2D eigenvalue weighted by Crippen LogP contribution is 2.47. The van der Waals surface area contributed by atoms with E-state index in [2.05, 4.69) is 46.1 Å². The van der Waals surface area contributed by atoms with Gasteiger partial charge >= 0.3 is 12.4 Å². The fourth-order valence-corrected chi connectivity index (χ4v) is 6.22. The summed E-state index contributed by atoms with van der Waals surface area (Å²) in [7, 11) is 0. The molecule has 1 N–H and O–H groups in total. The van der Waals surface area contributed by atoms with Gasteiger partial charge in [0.05, 0.1) is 6.42 Å². The van der Waals surface area contributed by atoms with E-state index in [1.165, 1.54) is 24.3 Å². The van der Waals surface area contributed by atoms with Crippen LogP contribution in [0.2, 0.25) is 0 Å². The van der Waals surface area contributed by atoms with Crippen LogP contribution in [0.3, 0.4) is 0 Å². The van der Waals surface area contributed by atoms with E-state index >= 15 is 0 Å². The molecule has 0 bridgehead atoms. The molecule has 0 atom stereocenters. The number of tetrazole rings is 1. The highest BCUT2D eigenvalue weighted by Gasteiger charge is 2.48. The number of ketones is 1. The number of urea groups is 1. The molecule has 2 aromatic carbocycles. The Morgan fingerprint density at radius 2 is 1.69 bits per heavy atom. The second kappa shape index (κ2) is 11.4. The number of aromatic amines is 1. The Kier molecular flexibility index (Phi) is 8.00. The molecule has 1 saturated heterocycles. The number of aromatic nitrogens is 4. The maximum absolute atomic E-state index is 14.1. The summed E-state index contributed by atoms with van der Waals surface area (Å²) in [5.41, 5.74) is 1.77. The van der Waals surface area contributed by atoms with Crippen molar-refractivity contribution in [1.82, 2.24) is 25.5 Å². The van der Waals surface area contributed by atoms with Gasteiger partial charge in [-0.25, -0.2) is 4.79 Å². The largest absolute Gasteiger partial charge is 0.573 e. The Morgan fingerprint density at radius 3 is 2.26 bits per heavy atom. The van der Waals surface area contributed by atoms with Crippen LogP contribution in [0.4, 0.5) is 23.7 Å². The van der Waals surface area contributed by atoms with Crippen molar-refractivity contribution in [2.75, 3.05) is 11.4 Å². The SMILES string of the molecule is CC(C)(C)C1CCC2(CC1)CCN(c1ccc(OC(F)(F)F)cc1)C(=O)N2Cc1ccc(C(=O)Cc2nn[nH]n2)cc1. The van der Waals surface area contributed by atoms with Crippen molar-refractivity contribution in [1.29, 1.82) is 0 Å². The van der Waals surface area contributed by atoms with Crippen LogP contribution in [-0.2, 0) is 13.0 Å². The van der Waals surface area contributed by atoms with Crippen LogP contribution < -0.4 is 9.64 Å². The zero-order valence-electron chi connectivity index (χ0n) is 23.9. The summed E-state index contributed by atoms with van der Waals surface area (Å²) >= 11 is 0. The minimum absolute atomic E-state index is 0.0280. The normalized spacial score (nSPS) is 21.6. The number of ether oxygens (including phenoxy) is 1. The van der Waals surface area contributed by atoms with E-state index in [4.69, 9.17) is 0 Å². The van der Waals surface area contributed by atoms with E-state index in [0.717, 1.165) is 37.7 Å². The van der Waals surface area contributed by atoms with Crippen molar-refractivity contribution >= 4 is 17.5 Å². The van der Waals surface area contributed by atoms with E-state index < -0.39 is 6.36 Å². The van der Waals surface area contributed by atoms with Crippen molar-refractivity contribution in [2.45, 2.75) is 77.7 Å². The highest BCUT2D eigenvalue weighted by molar-refractivity contribution is 5.97. The molecule has 1 saturated carbocycles. The average molecular weight is 585 g/mol. The second-order valence-electron chi connectivity index (χ2n) is 12.3. The second-order valence-corrected chi connectivity index (χ2v) is 12.3. The average Bonchev–Trinajstić information content (AvgIpc) is 3.44. The van der Waals surface area contributed by atoms with Crippen molar-refractivity contribution in [2.24, 2.45) is 11.3 Å². The van der Waals surface area contributed by atoms with Gasteiger partial charge in [-0.05, 0) is 73.3 Å². The Morgan fingerprint density at radius 1 is 1.02 bits per heavy atom. The van der Waals surface area contributed by atoms with E-state index in [-0.39, 0.29) is 34.9 Å². The molecule has 3 aromatic rings. The van der Waals surface area contributed by atoms with Gasteiger partial charge in [0, 0.05) is 29.9 Å². The van der Waals surface area contributed by atoms with Crippen LogP contribution in [0.1, 0.15) is 74.6 Å². The third-order valence-corrected chi connectivity index (χ3v) is 8.68. The van der Waals surface area contributed by atoms with Crippen LogP contribution >= 0.6 is 0 Å². The zero-order valence-corrected chi connectivity index (χ0v) is 23.9. The smallest absolute Gasteiger partial charge is 0.406 e. The summed E-state index contributed by atoms with van der Waals surface area (Å²) in [6.45, 7) is 7.60. The lowest BCUT2D eigenvalue weighted by atomic mass is 9.65. The number of H-pyrrole nitrogens is 1. The summed E-state index contributed by atoms with van der Waals surface area (Å²) in [5.74, 6) is 0.397. The first kappa shape index (κ1) is 29.5. The number of nitrogens with zero attached hydrogens (tertiary/aromatic N) is 5. The number of anilines is 1. The molecule has 42 heavy (non-hydrogen) atoms. The third-order valence-electron chi connectivity index (χ3n) is 8.68. The molecule has 224 valence electrons. The molecule has 1 spiro atoms. The summed E-state index contributed by atoms with van der Waals surface area (Å²) < 4.78 is 42.0. The van der Waals surface area contributed by atoms with Crippen LogP contribution in [-0.4, -0.2) is 55.8 Å². The molecule has 2 heterocycles. The number of hydrogen-bond donors (Lipinski definition) is 1. The minimum atomic E-state index is -4.79. The van der Waals surface area contributed by atoms with E-state index in [9.17, 15) is 22.8 Å². The fraction of sp³-hybridized carbons (Fsp3) is 0.500. The van der Waals surface area contributed by atoms with Crippen LogP contribution in [0.25, 0.3) is 0 Å². The van der Waals surface area contributed by atoms with Gasteiger partial charge in [-0.1, -0.05) is 50.3 Å². The van der Waals surface area contributed by atoms with Gasteiger partial charge in [0.2, 0.25) is 0 Å². The Bertz CT molecular complexity index is 1380. The number of carbonyl (C=O) groups excluding carboxylic acids is 2. The Balaban J connectivity index is 1.37. The van der Waals surface area contributed by atoms with Crippen LogP contribution in [0, 0.1) is 11.3 Å². The van der Waals surface area contributed by atoms with E-state index in [1.807, 2.05) is 17.0 Å². The quantitative estimate of drug-likeness (QED) is 0.326. The Hall–Kier alpha value is -3.96. The molecular formula is C30H35F3N6O3. The number of benzene rings is 2. The summed E-state index contributed by atoms with van der Waals surface area (Å²) in [6, 6.07) is 12.4. The number of nitrogens with one attached hydrogen (secondary N) is 1. The molecule has 9 nitrogen and oxygen atoms in total. The number of halogens is 3. The molecule has 0 radical (unpaired) electrons. The van der Waals surface area contributed by atoms with Gasteiger partial charge < -0.3 is 9.64 Å². The molecule has 2 fully saturated rings. The highest BCUT2D eigenvalue weighted by atomic mass is 19.4. The Labute approximate surface area is 242 Å². The lowest BCUT2D eigenvalue weighted by Crippen LogP contribution is -2.63. The first-order valence-electron chi connectivity index (χ1n) is 14.1. The number of rotatable bonds is 7. The first-order chi connectivity index (χ1) is 19.8. The maximum atomic E-state index is 14.1. The van der Waals surface area contributed by atoms with Crippen molar-refractivity contribution in [3.63, 3.8) is 0 Å². The molecule has 1 aliphatic carbocycles. The summed E-state index contributed by atoms with van der Waals surface area (Å²) in [4.78, 5) is 30.3. The number of hydrogen-bond acceptors (Lipinski definition) is 6. The first-order valence-corrected chi connectivity index (χ1v) is 14.1. The lowest BCUT2D eigenvalue weighted by Gasteiger charge is -2.54. The lowest BCUT2D eigenvalue weighted by molar-refractivity contribution is -0.274. The molecule has 1 aromatic heterocycles. The van der Waals surface area contributed by atoms with Gasteiger partial charge in [-0.3, -0.25) is 9.69 Å². The van der Waals surface area contributed by atoms with E-state index in [1.54, 1.807) is 17.0 Å². The predicted octanol–water partition coefficient (Wildman–Crippen LogP) is 6.33. The predicted molar refractivity (Wildman–Crippen MR) is 149 cm³/mol. The number of Topliss-reactive ketones (excluding diaryl/α,β-unsaturated/α-hetero) is 1. The van der Waals surface area contributed by atoms with Crippen molar-refractivity contribution < 1.29 is 27.5 Å². The monoisotopic (exact) mass is 584 g/mol. The van der Waals surface area contributed by atoms with E-state index in [0.29, 0.717) is 36.1 Å². The van der Waals surface area contributed by atoms with Gasteiger partial charge in [0.1, 0.15) is 5.75 Å². The van der Waals surface area contributed by atoms with Crippen molar-refractivity contribution in [3.05, 3.63) is 65.5 Å². The fourth-order valence-electron chi connectivity index (χ4n) is 6.22. The zero-order chi connectivity index (χ0) is 30.1. The van der Waals surface area contributed by atoms with Gasteiger partial charge in [-0.15, -0.1) is 23.4 Å². The van der Waals surface area contributed by atoms with Gasteiger partial charge in [0.15, 0.2) is 11.6 Å². The molecular weight excluding hydrogens is 549 g/mol. The van der Waals surface area contributed by atoms with Crippen LogP contribution in [0.5, 0.6) is 5.75 Å². The van der Waals surface area contributed by atoms with Crippen LogP contribution in [0.15, 0.2) is 48.5 Å². The third kappa shape index (κ3) is 6.57. The molecule has 2 aliphatic rings. The molecule has 12 heteroatoms. The number of amides is 2. The molecule has 5 rings (SSSR count). The number of carbonyl (C=O) groups is 2. The molecule has 2 amide bonds. The standard InChI is InChI=1S/C30H35F3N6O3/c1-28(2,3)22-12-14-29(15-13-22)16-17-38(23-8-10-24(11-9-23)42-30(31,32)33)27(41)39(29)19-20-4-6-21(7-5-20)25(40)18-26-34-36-37-35-26/h4-11,22H,12-19H2,1-3H3,(H,34,35,36,37). The molecule has 0 unspecified atom stereocenters. The summed E-state index contributed by atoms with van der Waals surface area (Å²) in [5, 5.41) is 13.5.